The van der Waals surface area contributed by atoms with E-state index in [-0.39, 0.29) is 5.91 Å². The molecule has 0 fully saturated rings. The molecule has 28 heavy (non-hydrogen) atoms. The minimum absolute atomic E-state index is 0.0556. The van der Waals surface area contributed by atoms with E-state index in [0.29, 0.717) is 11.3 Å². The summed E-state index contributed by atoms with van der Waals surface area (Å²) in [5, 5.41) is 3.48. The Hall–Kier alpha value is -3.73. The molecule has 1 N–H and O–H groups in total. The van der Waals surface area contributed by atoms with Crippen LogP contribution >= 0.6 is 0 Å². The molecule has 1 aliphatic heterocycles. The largest absolute Gasteiger partial charge is 0.359 e. The Morgan fingerprint density at radius 3 is 2.57 bits per heavy atom. The predicted molar refractivity (Wildman–Crippen MR) is 110 cm³/mol. The van der Waals surface area contributed by atoms with Crippen molar-refractivity contribution in [2.75, 3.05) is 10.2 Å². The summed E-state index contributed by atoms with van der Waals surface area (Å²) in [5.74, 6) is -0.0556. The van der Waals surface area contributed by atoms with Gasteiger partial charge in [0.1, 0.15) is 5.69 Å². The Bertz CT molecular complexity index is 1200. The topological polar surface area (TPSA) is 58.1 Å². The molecule has 1 amide bonds. The molecule has 4 aromatic rings. The molecule has 1 aliphatic rings. The second-order valence-electron chi connectivity index (χ2n) is 6.89. The van der Waals surface area contributed by atoms with Crippen molar-refractivity contribution in [2.45, 2.75) is 13.1 Å². The Morgan fingerprint density at radius 2 is 1.71 bits per heavy atom. The molecule has 5 nitrogen and oxygen atoms in total. The molecule has 1 atom stereocenters. The SMILES string of the molecule is Cc1cccc(N2C(=O)c3ccccc3N[C@H]2c2cnc3ccccc3n2)c1. The molecular weight excluding hydrogens is 348 g/mol. The molecule has 0 saturated heterocycles. The van der Waals surface area contributed by atoms with E-state index >= 15 is 0 Å². The van der Waals surface area contributed by atoms with Gasteiger partial charge in [-0.15, -0.1) is 0 Å². The summed E-state index contributed by atoms with van der Waals surface area (Å²) in [5.41, 5.74) is 5.70. The van der Waals surface area contributed by atoms with Crippen LogP contribution in [0.4, 0.5) is 11.4 Å². The molecule has 1 aromatic heterocycles. The molecule has 0 spiro atoms. The molecule has 0 aliphatic carbocycles. The van der Waals surface area contributed by atoms with Gasteiger partial charge in [-0.2, -0.15) is 0 Å². The molecule has 2 heterocycles. The molecule has 5 rings (SSSR count). The number of carbonyl (C=O) groups excluding carboxylic acids is 1. The number of carbonyl (C=O) groups is 1. The van der Waals surface area contributed by atoms with Crippen molar-refractivity contribution in [2.24, 2.45) is 0 Å². The third-order valence-corrected chi connectivity index (χ3v) is 4.95. The summed E-state index contributed by atoms with van der Waals surface area (Å²) in [7, 11) is 0. The highest BCUT2D eigenvalue weighted by Crippen LogP contribution is 2.36. The molecule has 136 valence electrons. The minimum atomic E-state index is -0.443. The standard InChI is InChI=1S/C23H18N4O/c1-15-7-6-8-16(13-15)27-22(26-18-10-3-2-9-17(18)23(27)28)21-14-24-19-11-4-5-12-20(19)25-21/h2-14,22,26H,1H3/t22-/m1/s1. The van der Waals surface area contributed by atoms with Gasteiger partial charge in [0, 0.05) is 11.4 Å². The Morgan fingerprint density at radius 1 is 0.929 bits per heavy atom. The maximum atomic E-state index is 13.4. The van der Waals surface area contributed by atoms with Gasteiger partial charge < -0.3 is 5.32 Å². The van der Waals surface area contributed by atoms with Crippen molar-refractivity contribution in [1.82, 2.24) is 9.97 Å². The lowest BCUT2D eigenvalue weighted by atomic mass is 10.0. The number of aryl methyl sites for hydroxylation is 1. The minimum Gasteiger partial charge on any atom is -0.359 e. The van der Waals surface area contributed by atoms with Crippen LogP contribution in [-0.2, 0) is 0 Å². The maximum Gasteiger partial charge on any atom is 0.262 e. The number of para-hydroxylation sites is 3. The first kappa shape index (κ1) is 16.4. The molecule has 0 unspecified atom stereocenters. The Balaban J connectivity index is 1.69. The third kappa shape index (κ3) is 2.68. The number of amides is 1. The lowest BCUT2D eigenvalue weighted by molar-refractivity contribution is 0.0974. The van der Waals surface area contributed by atoms with Gasteiger partial charge in [-0.3, -0.25) is 14.7 Å². The van der Waals surface area contributed by atoms with E-state index < -0.39 is 6.17 Å². The fourth-order valence-electron chi connectivity index (χ4n) is 3.61. The van der Waals surface area contributed by atoms with Crippen LogP contribution in [0.1, 0.15) is 27.8 Å². The lowest BCUT2D eigenvalue weighted by Crippen LogP contribution is -2.43. The number of nitrogens with zero attached hydrogens (tertiary/aromatic N) is 3. The van der Waals surface area contributed by atoms with E-state index in [1.165, 1.54) is 0 Å². The molecule has 3 aromatic carbocycles. The summed E-state index contributed by atoms with van der Waals surface area (Å²) in [6.45, 7) is 2.02. The number of aromatic nitrogens is 2. The molecule has 0 radical (unpaired) electrons. The van der Waals surface area contributed by atoms with Crippen molar-refractivity contribution in [3.05, 3.63) is 95.8 Å². The normalized spacial score (nSPS) is 16.0. The summed E-state index contributed by atoms with van der Waals surface area (Å²) < 4.78 is 0. The van der Waals surface area contributed by atoms with Gasteiger partial charge in [0.25, 0.3) is 5.91 Å². The number of anilines is 2. The number of fused-ring (bicyclic) bond motifs is 2. The fourth-order valence-corrected chi connectivity index (χ4v) is 3.61. The van der Waals surface area contributed by atoms with Crippen LogP contribution < -0.4 is 10.2 Å². The van der Waals surface area contributed by atoms with Gasteiger partial charge in [0.05, 0.1) is 22.8 Å². The number of hydrogen-bond donors (Lipinski definition) is 1. The summed E-state index contributed by atoms with van der Waals surface area (Å²) in [4.78, 5) is 24.5. The predicted octanol–water partition coefficient (Wildman–Crippen LogP) is 4.71. The average Bonchev–Trinajstić information content (AvgIpc) is 2.73. The van der Waals surface area contributed by atoms with Gasteiger partial charge in [0.2, 0.25) is 0 Å². The second kappa shape index (κ2) is 6.46. The van der Waals surface area contributed by atoms with E-state index in [1.54, 1.807) is 11.1 Å². The number of benzene rings is 3. The van der Waals surface area contributed by atoms with Crippen LogP contribution in [0.3, 0.4) is 0 Å². The Labute approximate surface area is 162 Å². The highest BCUT2D eigenvalue weighted by molar-refractivity contribution is 6.12. The Kier molecular flexibility index (Phi) is 3.79. The highest BCUT2D eigenvalue weighted by Gasteiger charge is 2.35. The first-order chi connectivity index (χ1) is 13.7. The average molecular weight is 366 g/mol. The van der Waals surface area contributed by atoms with Crippen molar-refractivity contribution >= 4 is 28.3 Å². The summed E-state index contributed by atoms with van der Waals surface area (Å²) >= 11 is 0. The first-order valence-corrected chi connectivity index (χ1v) is 9.18. The van der Waals surface area contributed by atoms with Crippen LogP contribution in [0.5, 0.6) is 0 Å². The number of rotatable bonds is 2. The zero-order valence-corrected chi connectivity index (χ0v) is 15.3. The van der Waals surface area contributed by atoms with Gasteiger partial charge in [-0.05, 0) is 48.9 Å². The molecule has 0 bridgehead atoms. The molecular formula is C23H18N4O. The zero-order valence-electron chi connectivity index (χ0n) is 15.3. The number of nitrogens with one attached hydrogen (secondary N) is 1. The van der Waals surface area contributed by atoms with E-state index in [2.05, 4.69) is 10.3 Å². The molecule has 5 heteroatoms. The summed E-state index contributed by atoms with van der Waals surface area (Å²) in [6, 6.07) is 23.2. The van der Waals surface area contributed by atoms with Crippen LogP contribution in [0, 0.1) is 6.92 Å². The summed E-state index contributed by atoms with van der Waals surface area (Å²) in [6.07, 6.45) is 1.30. The highest BCUT2D eigenvalue weighted by atomic mass is 16.2. The molecule has 0 saturated carbocycles. The second-order valence-corrected chi connectivity index (χ2v) is 6.89. The van der Waals surface area contributed by atoms with Gasteiger partial charge in [0.15, 0.2) is 6.17 Å². The lowest BCUT2D eigenvalue weighted by Gasteiger charge is -2.37. The van der Waals surface area contributed by atoms with Crippen molar-refractivity contribution in [3.63, 3.8) is 0 Å². The van der Waals surface area contributed by atoms with Crippen molar-refractivity contribution in [3.8, 4) is 0 Å². The van der Waals surface area contributed by atoms with E-state index in [1.807, 2.05) is 79.7 Å². The maximum absolute atomic E-state index is 13.4. The van der Waals surface area contributed by atoms with Crippen LogP contribution in [-0.4, -0.2) is 15.9 Å². The quantitative estimate of drug-likeness (QED) is 0.558. The van der Waals surface area contributed by atoms with E-state index in [9.17, 15) is 4.79 Å². The zero-order chi connectivity index (χ0) is 19.1. The first-order valence-electron chi connectivity index (χ1n) is 9.18. The van der Waals surface area contributed by atoms with Gasteiger partial charge in [-0.1, -0.05) is 36.4 Å². The third-order valence-electron chi connectivity index (χ3n) is 4.95. The van der Waals surface area contributed by atoms with Crippen LogP contribution in [0.25, 0.3) is 11.0 Å². The van der Waals surface area contributed by atoms with E-state index in [0.717, 1.165) is 28.0 Å². The fraction of sp³-hybridized carbons (Fsp3) is 0.0870. The van der Waals surface area contributed by atoms with Crippen LogP contribution in [0.2, 0.25) is 0 Å². The monoisotopic (exact) mass is 366 g/mol. The van der Waals surface area contributed by atoms with E-state index in [4.69, 9.17) is 4.98 Å². The van der Waals surface area contributed by atoms with Gasteiger partial charge >= 0.3 is 0 Å². The van der Waals surface area contributed by atoms with Crippen molar-refractivity contribution < 1.29 is 4.79 Å². The van der Waals surface area contributed by atoms with Crippen LogP contribution in [0.15, 0.2) is 79.0 Å². The van der Waals surface area contributed by atoms with Gasteiger partial charge in [-0.25, -0.2) is 4.98 Å². The number of hydrogen-bond acceptors (Lipinski definition) is 4. The van der Waals surface area contributed by atoms with Crippen molar-refractivity contribution in [1.29, 1.82) is 0 Å². The smallest absolute Gasteiger partial charge is 0.262 e.